The minimum atomic E-state index is 0.445. The third-order valence-corrected chi connectivity index (χ3v) is 3.07. The number of aryl methyl sites for hydroxylation is 2. The maximum absolute atomic E-state index is 9.14. The topological polar surface area (TPSA) is 63.7 Å². The van der Waals surface area contributed by atoms with Crippen LogP contribution in [0.3, 0.4) is 0 Å². The number of rotatable bonds is 3. The van der Waals surface area contributed by atoms with Gasteiger partial charge in [0.25, 0.3) is 0 Å². The molecule has 0 aromatic carbocycles. The van der Waals surface area contributed by atoms with Gasteiger partial charge in [-0.05, 0) is 30.9 Å². The molecule has 1 aliphatic carbocycles. The van der Waals surface area contributed by atoms with Gasteiger partial charge in [-0.2, -0.15) is 10.5 Å². The largest absolute Gasteiger partial charge is 0.358 e. The fraction of sp³-hybridized carbons (Fsp3) is 0.462. The van der Waals surface area contributed by atoms with Crippen LogP contribution in [0.5, 0.6) is 0 Å². The van der Waals surface area contributed by atoms with E-state index in [1.165, 1.54) is 5.56 Å². The average molecular weight is 226 g/mol. The Hall–Kier alpha value is -2.07. The standard InChI is InChI=1S/C13H14N4/c1-17(7-3-6-14)13-11(9-15)8-10-4-2-5-12(10)16-13/h8H,2-5,7H2,1H3. The number of hydrogen-bond acceptors (Lipinski definition) is 4. The van der Waals surface area contributed by atoms with Gasteiger partial charge >= 0.3 is 0 Å². The van der Waals surface area contributed by atoms with Gasteiger partial charge < -0.3 is 4.90 Å². The Morgan fingerprint density at radius 3 is 2.94 bits per heavy atom. The van der Waals surface area contributed by atoms with Crippen molar-refractivity contribution in [3.8, 4) is 12.1 Å². The summed E-state index contributed by atoms with van der Waals surface area (Å²) in [6, 6.07) is 6.25. The Bertz CT molecular complexity index is 507. The van der Waals surface area contributed by atoms with E-state index in [-0.39, 0.29) is 0 Å². The van der Waals surface area contributed by atoms with E-state index < -0.39 is 0 Å². The fourth-order valence-corrected chi connectivity index (χ4v) is 2.16. The third-order valence-electron chi connectivity index (χ3n) is 3.07. The van der Waals surface area contributed by atoms with Crippen LogP contribution in [0.2, 0.25) is 0 Å². The molecule has 0 N–H and O–H groups in total. The summed E-state index contributed by atoms with van der Waals surface area (Å²) in [4.78, 5) is 6.46. The van der Waals surface area contributed by atoms with Crippen LogP contribution < -0.4 is 4.90 Å². The molecular formula is C13H14N4. The molecule has 4 heteroatoms. The highest BCUT2D eigenvalue weighted by Gasteiger charge is 2.18. The van der Waals surface area contributed by atoms with E-state index in [0.29, 0.717) is 24.3 Å². The molecule has 0 amide bonds. The lowest BCUT2D eigenvalue weighted by molar-refractivity contribution is 0.865. The fourth-order valence-electron chi connectivity index (χ4n) is 2.16. The Morgan fingerprint density at radius 2 is 2.24 bits per heavy atom. The molecule has 0 atom stereocenters. The Kier molecular flexibility index (Phi) is 3.25. The second-order valence-corrected chi connectivity index (χ2v) is 4.26. The van der Waals surface area contributed by atoms with Crippen LogP contribution in [-0.2, 0) is 12.8 Å². The minimum Gasteiger partial charge on any atom is -0.358 e. The van der Waals surface area contributed by atoms with Crippen LogP contribution >= 0.6 is 0 Å². The summed E-state index contributed by atoms with van der Waals surface area (Å²) < 4.78 is 0. The summed E-state index contributed by atoms with van der Waals surface area (Å²) in [7, 11) is 1.88. The van der Waals surface area contributed by atoms with Gasteiger partial charge in [-0.1, -0.05) is 0 Å². The highest BCUT2D eigenvalue weighted by Crippen LogP contribution is 2.26. The first-order valence-corrected chi connectivity index (χ1v) is 5.77. The van der Waals surface area contributed by atoms with Crippen molar-refractivity contribution in [2.24, 2.45) is 0 Å². The van der Waals surface area contributed by atoms with Crippen LogP contribution in [-0.4, -0.2) is 18.6 Å². The first-order valence-electron chi connectivity index (χ1n) is 5.77. The minimum absolute atomic E-state index is 0.445. The van der Waals surface area contributed by atoms with Gasteiger partial charge in [0.05, 0.1) is 18.1 Å². The maximum Gasteiger partial charge on any atom is 0.146 e. The van der Waals surface area contributed by atoms with E-state index >= 15 is 0 Å². The molecule has 0 bridgehead atoms. The van der Waals surface area contributed by atoms with Crippen molar-refractivity contribution >= 4 is 5.82 Å². The molecule has 0 saturated heterocycles. The van der Waals surface area contributed by atoms with Crippen LogP contribution in [0.15, 0.2) is 6.07 Å². The lowest BCUT2D eigenvalue weighted by Crippen LogP contribution is -2.21. The second kappa shape index (κ2) is 4.84. The molecule has 0 radical (unpaired) electrons. The van der Waals surface area contributed by atoms with Crippen molar-refractivity contribution in [3.05, 3.63) is 22.9 Å². The highest BCUT2D eigenvalue weighted by molar-refractivity contribution is 5.56. The van der Waals surface area contributed by atoms with Crippen molar-refractivity contribution in [3.63, 3.8) is 0 Å². The van der Waals surface area contributed by atoms with Crippen LogP contribution in [0.1, 0.15) is 29.7 Å². The van der Waals surface area contributed by atoms with Crippen molar-refractivity contribution in [2.75, 3.05) is 18.5 Å². The van der Waals surface area contributed by atoms with E-state index in [0.717, 1.165) is 25.0 Å². The van der Waals surface area contributed by atoms with Gasteiger partial charge in [-0.3, -0.25) is 0 Å². The molecule has 0 spiro atoms. The molecule has 86 valence electrons. The summed E-state index contributed by atoms with van der Waals surface area (Å²) in [5.74, 6) is 0.711. The predicted octanol–water partition coefficient (Wildman–Crippen LogP) is 1.79. The quantitative estimate of drug-likeness (QED) is 0.788. The summed E-state index contributed by atoms with van der Waals surface area (Å²) in [6.45, 7) is 0.608. The molecule has 2 rings (SSSR count). The van der Waals surface area contributed by atoms with Gasteiger partial charge in [0.2, 0.25) is 0 Å². The van der Waals surface area contributed by atoms with Crippen molar-refractivity contribution in [1.82, 2.24) is 4.98 Å². The van der Waals surface area contributed by atoms with Gasteiger partial charge in [0.1, 0.15) is 11.9 Å². The molecule has 0 unspecified atom stereocenters. The van der Waals surface area contributed by atoms with Crippen LogP contribution in [0, 0.1) is 22.7 Å². The van der Waals surface area contributed by atoms with E-state index in [9.17, 15) is 0 Å². The molecule has 1 aromatic heterocycles. The molecule has 1 aliphatic rings. The number of nitrogens with zero attached hydrogens (tertiary/aromatic N) is 4. The number of hydrogen-bond donors (Lipinski definition) is 0. The summed E-state index contributed by atoms with van der Waals surface area (Å²) >= 11 is 0. The van der Waals surface area contributed by atoms with Crippen molar-refractivity contribution in [1.29, 1.82) is 10.5 Å². The molecule has 0 fully saturated rings. The zero-order valence-electron chi connectivity index (χ0n) is 9.90. The Labute approximate surface area is 101 Å². The molecule has 1 aromatic rings. The molecule has 0 aliphatic heterocycles. The van der Waals surface area contributed by atoms with Crippen LogP contribution in [0.25, 0.3) is 0 Å². The third kappa shape index (κ3) is 2.21. The molecule has 1 heterocycles. The zero-order chi connectivity index (χ0) is 12.3. The van der Waals surface area contributed by atoms with E-state index in [1.807, 2.05) is 18.0 Å². The van der Waals surface area contributed by atoms with E-state index in [1.54, 1.807) is 0 Å². The first kappa shape index (κ1) is 11.4. The second-order valence-electron chi connectivity index (χ2n) is 4.26. The summed E-state index contributed by atoms with van der Waals surface area (Å²) in [5.41, 5.74) is 2.94. The summed E-state index contributed by atoms with van der Waals surface area (Å²) in [6.07, 6.45) is 3.60. The monoisotopic (exact) mass is 226 g/mol. The van der Waals surface area contributed by atoms with Crippen molar-refractivity contribution in [2.45, 2.75) is 25.7 Å². The first-order chi connectivity index (χ1) is 8.26. The molecule has 4 nitrogen and oxygen atoms in total. The Morgan fingerprint density at radius 1 is 1.41 bits per heavy atom. The predicted molar refractivity (Wildman–Crippen MR) is 64.5 cm³/mol. The van der Waals surface area contributed by atoms with E-state index in [2.05, 4.69) is 17.1 Å². The highest BCUT2D eigenvalue weighted by atomic mass is 15.2. The summed E-state index contributed by atoms with van der Waals surface area (Å²) in [5, 5.41) is 17.7. The van der Waals surface area contributed by atoms with Gasteiger partial charge in [0.15, 0.2) is 0 Å². The number of pyridine rings is 1. The number of nitriles is 2. The lowest BCUT2D eigenvalue weighted by Gasteiger charge is -2.18. The normalized spacial score (nSPS) is 12.6. The maximum atomic E-state index is 9.14. The van der Waals surface area contributed by atoms with Crippen molar-refractivity contribution < 1.29 is 0 Å². The smallest absolute Gasteiger partial charge is 0.146 e. The molecular weight excluding hydrogens is 212 g/mol. The zero-order valence-corrected chi connectivity index (χ0v) is 9.90. The van der Waals surface area contributed by atoms with Gasteiger partial charge in [0, 0.05) is 19.3 Å². The number of anilines is 1. The number of aromatic nitrogens is 1. The van der Waals surface area contributed by atoms with Gasteiger partial charge in [-0.15, -0.1) is 0 Å². The van der Waals surface area contributed by atoms with E-state index in [4.69, 9.17) is 10.5 Å². The number of fused-ring (bicyclic) bond motifs is 1. The molecule has 0 saturated carbocycles. The Balaban J connectivity index is 2.33. The van der Waals surface area contributed by atoms with Crippen LogP contribution in [0.4, 0.5) is 5.82 Å². The molecule has 17 heavy (non-hydrogen) atoms. The van der Waals surface area contributed by atoms with Gasteiger partial charge in [-0.25, -0.2) is 4.98 Å². The lowest BCUT2D eigenvalue weighted by atomic mass is 10.1. The average Bonchev–Trinajstić information content (AvgIpc) is 2.81. The SMILES string of the molecule is CN(CCC#N)c1nc2c(cc1C#N)CCC2.